The monoisotopic (exact) mass is 237 g/mol. The summed E-state index contributed by atoms with van der Waals surface area (Å²) in [5, 5.41) is 13.3. The Hall–Kier alpha value is -0.340. The van der Waals surface area contributed by atoms with Gasteiger partial charge in [0.2, 0.25) is 0 Å². The molecular weight excluding hydrogens is 210 g/mol. The summed E-state index contributed by atoms with van der Waals surface area (Å²) in [6.45, 7) is 5.95. The van der Waals surface area contributed by atoms with Gasteiger partial charge in [-0.25, -0.2) is 0 Å². The summed E-state index contributed by atoms with van der Waals surface area (Å²) in [7, 11) is 0. The van der Waals surface area contributed by atoms with E-state index in [1.165, 1.54) is 25.7 Å². The van der Waals surface area contributed by atoms with E-state index in [9.17, 15) is 5.11 Å². The quantitative estimate of drug-likeness (QED) is 0.737. The third kappa shape index (κ3) is 3.32. The second-order valence-electron chi connectivity index (χ2n) is 6.32. The number of aliphatic hydroxyl groups excluding tert-OH is 1. The lowest BCUT2D eigenvalue weighted by atomic mass is 9.83. The van der Waals surface area contributed by atoms with E-state index in [1.807, 2.05) is 0 Å². The van der Waals surface area contributed by atoms with Crippen molar-refractivity contribution in [2.45, 2.75) is 57.9 Å². The largest absolute Gasteiger partial charge is 0.394 e. The van der Waals surface area contributed by atoms with Gasteiger partial charge in [0.25, 0.3) is 0 Å². The Morgan fingerprint density at radius 1 is 1.41 bits per heavy atom. The summed E-state index contributed by atoms with van der Waals surface area (Å²) in [6, 6.07) is 0. The lowest BCUT2D eigenvalue weighted by molar-refractivity contribution is 0.156. The molecule has 0 radical (unpaired) electrons. The smallest absolute Gasteiger partial charge is 0.0613 e. The zero-order valence-electron chi connectivity index (χ0n) is 11.3. The summed E-state index contributed by atoms with van der Waals surface area (Å²) < 4.78 is 0. The molecule has 2 unspecified atom stereocenters. The molecule has 0 amide bonds. The summed E-state index contributed by atoms with van der Waals surface area (Å²) >= 11 is 0. The van der Waals surface area contributed by atoms with Gasteiger partial charge in [-0.3, -0.25) is 0 Å². The van der Waals surface area contributed by atoms with Gasteiger partial charge in [0.1, 0.15) is 0 Å². The molecule has 2 rings (SSSR count). The first-order valence-corrected chi connectivity index (χ1v) is 7.17. The van der Waals surface area contributed by atoms with Gasteiger partial charge < -0.3 is 10.4 Å². The van der Waals surface area contributed by atoms with Gasteiger partial charge in [-0.1, -0.05) is 31.4 Å². The topological polar surface area (TPSA) is 32.3 Å². The van der Waals surface area contributed by atoms with Crippen LogP contribution in [0.25, 0.3) is 0 Å². The SMILES string of the molecule is CC1=CC(C)CC(CNC2(CO)CCCC2)C1. The third-order valence-corrected chi connectivity index (χ3v) is 4.51. The molecule has 2 aliphatic rings. The Bertz CT molecular complexity index is 279. The van der Waals surface area contributed by atoms with E-state index < -0.39 is 0 Å². The van der Waals surface area contributed by atoms with Crippen molar-refractivity contribution in [2.24, 2.45) is 11.8 Å². The average Bonchev–Trinajstić information content (AvgIpc) is 2.74. The summed E-state index contributed by atoms with van der Waals surface area (Å²) in [5.41, 5.74) is 1.60. The lowest BCUT2D eigenvalue weighted by Crippen LogP contribution is -2.48. The number of aliphatic hydroxyl groups is 1. The van der Waals surface area contributed by atoms with E-state index in [-0.39, 0.29) is 5.54 Å². The van der Waals surface area contributed by atoms with E-state index in [4.69, 9.17) is 0 Å². The minimum absolute atomic E-state index is 0.0539. The van der Waals surface area contributed by atoms with Crippen LogP contribution in [-0.2, 0) is 0 Å². The highest BCUT2D eigenvalue weighted by molar-refractivity contribution is 5.06. The fraction of sp³-hybridized carbons (Fsp3) is 0.867. The minimum Gasteiger partial charge on any atom is -0.394 e. The maximum absolute atomic E-state index is 9.58. The molecule has 0 spiro atoms. The van der Waals surface area contributed by atoms with Crippen LogP contribution in [0, 0.1) is 11.8 Å². The summed E-state index contributed by atoms with van der Waals surface area (Å²) in [4.78, 5) is 0. The van der Waals surface area contributed by atoms with Crippen LogP contribution in [0.2, 0.25) is 0 Å². The number of allylic oxidation sites excluding steroid dienone is 2. The first kappa shape index (κ1) is 13.1. The molecule has 0 heterocycles. The fourth-order valence-electron chi connectivity index (χ4n) is 3.65. The number of rotatable bonds is 4. The highest BCUT2D eigenvalue weighted by Crippen LogP contribution is 2.31. The molecule has 1 fully saturated rings. The van der Waals surface area contributed by atoms with Gasteiger partial charge in [-0.15, -0.1) is 0 Å². The van der Waals surface area contributed by atoms with Crippen molar-refractivity contribution in [1.82, 2.24) is 5.32 Å². The molecule has 2 aliphatic carbocycles. The third-order valence-electron chi connectivity index (χ3n) is 4.51. The molecule has 0 aliphatic heterocycles. The summed E-state index contributed by atoms with van der Waals surface area (Å²) in [5.74, 6) is 1.49. The van der Waals surface area contributed by atoms with Gasteiger partial charge in [-0.2, -0.15) is 0 Å². The first-order chi connectivity index (χ1) is 8.13. The van der Waals surface area contributed by atoms with E-state index >= 15 is 0 Å². The van der Waals surface area contributed by atoms with Gasteiger partial charge >= 0.3 is 0 Å². The van der Waals surface area contributed by atoms with Crippen LogP contribution in [0.5, 0.6) is 0 Å². The van der Waals surface area contributed by atoms with Crippen molar-refractivity contribution in [2.75, 3.05) is 13.2 Å². The van der Waals surface area contributed by atoms with Crippen LogP contribution in [-0.4, -0.2) is 23.8 Å². The maximum atomic E-state index is 9.58. The Labute approximate surface area is 105 Å². The Morgan fingerprint density at radius 3 is 2.71 bits per heavy atom. The second-order valence-corrected chi connectivity index (χ2v) is 6.32. The zero-order valence-corrected chi connectivity index (χ0v) is 11.3. The molecule has 0 bridgehead atoms. The van der Waals surface area contributed by atoms with Crippen molar-refractivity contribution in [1.29, 1.82) is 0 Å². The van der Waals surface area contributed by atoms with Gasteiger partial charge in [0.05, 0.1) is 6.61 Å². The van der Waals surface area contributed by atoms with Crippen LogP contribution in [0.3, 0.4) is 0 Å². The van der Waals surface area contributed by atoms with Gasteiger partial charge in [0.15, 0.2) is 0 Å². The lowest BCUT2D eigenvalue weighted by Gasteiger charge is -2.33. The van der Waals surface area contributed by atoms with E-state index in [0.29, 0.717) is 6.61 Å². The second kappa shape index (κ2) is 5.53. The number of hydrogen-bond donors (Lipinski definition) is 2. The van der Waals surface area contributed by atoms with E-state index in [1.54, 1.807) is 5.57 Å². The van der Waals surface area contributed by atoms with Crippen LogP contribution in [0.1, 0.15) is 52.4 Å². The molecule has 17 heavy (non-hydrogen) atoms. The molecule has 2 atom stereocenters. The Kier molecular flexibility index (Phi) is 4.26. The van der Waals surface area contributed by atoms with Crippen LogP contribution in [0.15, 0.2) is 11.6 Å². The van der Waals surface area contributed by atoms with Crippen LogP contribution >= 0.6 is 0 Å². The number of nitrogens with one attached hydrogen (secondary N) is 1. The predicted octanol–water partition coefficient (Wildman–Crippen LogP) is 2.87. The summed E-state index contributed by atoms with van der Waals surface area (Å²) in [6.07, 6.45) is 9.79. The van der Waals surface area contributed by atoms with Crippen molar-refractivity contribution in [3.8, 4) is 0 Å². The molecule has 0 aromatic carbocycles. The van der Waals surface area contributed by atoms with Crippen molar-refractivity contribution >= 4 is 0 Å². The average molecular weight is 237 g/mol. The van der Waals surface area contributed by atoms with Gasteiger partial charge in [-0.05, 0) is 51.0 Å². The van der Waals surface area contributed by atoms with Crippen LogP contribution in [0.4, 0.5) is 0 Å². The zero-order chi connectivity index (χ0) is 12.3. The Morgan fingerprint density at radius 2 is 2.12 bits per heavy atom. The first-order valence-electron chi connectivity index (χ1n) is 7.17. The van der Waals surface area contributed by atoms with Crippen molar-refractivity contribution < 1.29 is 5.11 Å². The Balaban J connectivity index is 1.84. The van der Waals surface area contributed by atoms with Crippen molar-refractivity contribution in [3.05, 3.63) is 11.6 Å². The molecule has 2 N–H and O–H groups in total. The van der Waals surface area contributed by atoms with Crippen molar-refractivity contribution in [3.63, 3.8) is 0 Å². The standard InChI is InChI=1S/C15H27NO/c1-12-7-13(2)9-14(8-12)10-16-15(11-17)5-3-4-6-15/h7,12,14,16-17H,3-6,8-11H2,1-2H3. The molecule has 98 valence electrons. The predicted molar refractivity (Wildman–Crippen MR) is 71.9 cm³/mol. The highest BCUT2D eigenvalue weighted by atomic mass is 16.3. The fourth-order valence-corrected chi connectivity index (χ4v) is 3.65. The molecule has 2 heteroatoms. The molecular formula is C15H27NO. The van der Waals surface area contributed by atoms with Crippen LogP contribution < -0.4 is 5.32 Å². The maximum Gasteiger partial charge on any atom is 0.0613 e. The molecule has 0 aromatic rings. The molecule has 0 saturated heterocycles. The minimum atomic E-state index is 0.0539. The van der Waals surface area contributed by atoms with E-state index in [2.05, 4.69) is 25.2 Å². The normalized spacial score (nSPS) is 32.5. The molecule has 0 aromatic heterocycles. The van der Waals surface area contributed by atoms with Gasteiger partial charge in [0, 0.05) is 5.54 Å². The number of hydrogen-bond acceptors (Lipinski definition) is 2. The molecule has 1 saturated carbocycles. The highest BCUT2D eigenvalue weighted by Gasteiger charge is 2.33. The molecule has 2 nitrogen and oxygen atoms in total. The van der Waals surface area contributed by atoms with E-state index in [0.717, 1.165) is 31.2 Å².